The van der Waals surface area contributed by atoms with Gasteiger partial charge in [0.05, 0.1) is 30.0 Å². The van der Waals surface area contributed by atoms with Gasteiger partial charge in [-0.05, 0) is 50.2 Å². The van der Waals surface area contributed by atoms with Gasteiger partial charge in [0.15, 0.2) is 0 Å². The number of nitriles is 1. The molecule has 0 saturated carbocycles. The molecule has 28 heavy (non-hydrogen) atoms. The van der Waals surface area contributed by atoms with Gasteiger partial charge in [0.1, 0.15) is 5.75 Å². The van der Waals surface area contributed by atoms with Crippen molar-refractivity contribution < 1.29 is 9.53 Å². The number of piperazine rings is 1. The Bertz CT molecular complexity index is 836. The van der Waals surface area contributed by atoms with Crippen LogP contribution in [0.5, 0.6) is 5.75 Å². The molecule has 1 heterocycles. The SMILES string of the molecule is CCOc1ccccc1N1CCN(C(C)C(=O)Nc2ccc(C#N)cc2)CC1. The zero-order chi connectivity index (χ0) is 19.9. The van der Waals surface area contributed by atoms with E-state index >= 15 is 0 Å². The summed E-state index contributed by atoms with van der Waals surface area (Å²) in [6.07, 6.45) is 0. The number of hydrogen-bond acceptors (Lipinski definition) is 5. The van der Waals surface area contributed by atoms with E-state index in [4.69, 9.17) is 10.00 Å². The summed E-state index contributed by atoms with van der Waals surface area (Å²) in [6, 6.07) is 16.9. The number of benzene rings is 2. The third-order valence-corrected chi connectivity index (χ3v) is 5.03. The van der Waals surface area contributed by atoms with E-state index in [0.29, 0.717) is 17.9 Å². The van der Waals surface area contributed by atoms with E-state index in [1.54, 1.807) is 24.3 Å². The van der Waals surface area contributed by atoms with E-state index in [-0.39, 0.29) is 11.9 Å². The highest BCUT2D eigenvalue weighted by Crippen LogP contribution is 2.29. The van der Waals surface area contributed by atoms with Crippen molar-refractivity contribution in [3.8, 4) is 11.8 Å². The molecule has 2 aromatic rings. The van der Waals surface area contributed by atoms with Gasteiger partial charge in [-0.3, -0.25) is 9.69 Å². The fraction of sp³-hybridized carbons (Fsp3) is 0.364. The molecule has 1 aliphatic heterocycles. The van der Waals surface area contributed by atoms with Crippen molar-refractivity contribution in [2.75, 3.05) is 43.0 Å². The Labute approximate surface area is 166 Å². The number of ether oxygens (including phenoxy) is 1. The molecule has 0 aromatic heterocycles. The largest absolute Gasteiger partial charge is 0.492 e. The Kier molecular flexibility index (Phi) is 6.51. The Morgan fingerprint density at radius 3 is 2.46 bits per heavy atom. The van der Waals surface area contributed by atoms with Crippen molar-refractivity contribution in [2.24, 2.45) is 0 Å². The summed E-state index contributed by atoms with van der Waals surface area (Å²) in [6.45, 7) is 7.87. The molecule has 0 radical (unpaired) electrons. The molecule has 1 atom stereocenters. The number of amides is 1. The minimum absolute atomic E-state index is 0.0344. The van der Waals surface area contributed by atoms with Gasteiger partial charge in [0, 0.05) is 31.9 Å². The van der Waals surface area contributed by atoms with Gasteiger partial charge >= 0.3 is 0 Å². The second kappa shape index (κ2) is 9.25. The van der Waals surface area contributed by atoms with Gasteiger partial charge in [0.25, 0.3) is 0 Å². The summed E-state index contributed by atoms with van der Waals surface area (Å²) in [5, 5.41) is 11.8. The van der Waals surface area contributed by atoms with Crippen molar-refractivity contribution in [2.45, 2.75) is 19.9 Å². The van der Waals surface area contributed by atoms with Crippen LogP contribution in [0.1, 0.15) is 19.4 Å². The molecule has 6 heteroatoms. The maximum atomic E-state index is 12.6. The van der Waals surface area contributed by atoms with Crippen molar-refractivity contribution in [1.82, 2.24) is 4.90 Å². The summed E-state index contributed by atoms with van der Waals surface area (Å²) in [5.74, 6) is 0.873. The van der Waals surface area contributed by atoms with E-state index in [1.807, 2.05) is 32.0 Å². The fourth-order valence-corrected chi connectivity index (χ4v) is 3.39. The maximum absolute atomic E-state index is 12.6. The second-order valence-corrected chi connectivity index (χ2v) is 6.78. The van der Waals surface area contributed by atoms with Gasteiger partial charge in [-0.15, -0.1) is 0 Å². The molecule has 2 aromatic carbocycles. The van der Waals surface area contributed by atoms with E-state index < -0.39 is 0 Å². The van der Waals surface area contributed by atoms with Crippen LogP contribution in [0, 0.1) is 11.3 Å². The van der Waals surface area contributed by atoms with Crippen LogP contribution in [0.15, 0.2) is 48.5 Å². The lowest BCUT2D eigenvalue weighted by molar-refractivity contribution is -0.120. The van der Waals surface area contributed by atoms with Crippen LogP contribution in [0.4, 0.5) is 11.4 Å². The Hall–Kier alpha value is -3.04. The molecule has 1 saturated heterocycles. The number of carbonyl (C=O) groups is 1. The topological polar surface area (TPSA) is 68.6 Å². The molecule has 146 valence electrons. The van der Waals surface area contributed by atoms with Crippen LogP contribution in [0.3, 0.4) is 0 Å². The number of para-hydroxylation sites is 2. The summed E-state index contributed by atoms with van der Waals surface area (Å²) >= 11 is 0. The molecule has 6 nitrogen and oxygen atoms in total. The number of nitrogens with zero attached hydrogens (tertiary/aromatic N) is 3. The monoisotopic (exact) mass is 378 g/mol. The molecule has 0 aliphatic carbocycles. The molecule has 1 fully saturated rings. The summed E-state index contributed by atoms with van der Waals surface area (Å²) in [7, 11) is 0. The average Bonchev–Trinajstić information content (AvgIpc) is 2.74. The summed E-state index contributed by atoms with van der Waals surface area (Å²) < 4.78 is 5.75. The second-order valence-electron chi connectivity index (χ2n) is 6.78. The van der Waals surface area contributed by atoms with Crippen molar-refractivity contribution in [3.63, 3.8) is 0 Å². The Morgan fingerprint density at radius 1 is 1.14 bits per heavy atom. The molecular weight excluding hydrogens is 352 g/mol. The number of carbonyl (C=O) groups excluding carboxylic acids is 1. The smallest absolute Gasteiger partial charge is 0.241 e. The molecule has 1 N–H and O–H groups in total. The van der Waals surface area contributed by atoms with Crippen molar-refractivity contribution >= 4 is 17.3 Å². The minimum atomic E-state index is -0.222. The summed E-state index contributed by atoms with van der Waals surface area (Å²) in [4.78, 5) is 17.1. The van der Waals surface area contributed by atoms with Crippen molar-refractivity contribution in [1.29, 1.82) is 5.26 Å². The lowest BCUT2D eigenvalue weighted by Gasteiger charge is -2.39. The van der Waals surface area contributed by atoms with Crippen molar-refractivity contribution in [3.05, 3.63) is 54.1 Å². The van der Waals surface area contributed by atoms with Gasteiger partial charge in [-0.2, -0.15) is 5.26 Å². The van der Waals surface area contributed by atoms with Gasteiger partial charge in [0.2, 0.25) is 5.91 Å². The lowest BCUT2D eigenvalue weighted by atomic mass is 10.1. The molecule has 0 bridgehead atoms. The van der Waals surface area contributed by atoms with Crippen LogP contribution in [0.2, 0.25) is 0 Å². The quantitative estimate of drug-likeness (QED) is 0.836. The van der Waals surface area contributed by atoms with Crippen LogP contribution >= 0.6 is 0 Å². The standard InChI is InChI=1S/C22H26N4O2/c1-3-28-21-7-5-4-6-20(21)26-14-12-25(13-15-26)17(2)22(27)24-19-10-8-18(16-23)9-11-19/h4-11,17H,3,12-15H2,1-2H3,(H,24,27). The van der Waals surface area contributed by atoms with Crippen LogP contribution in [-0.4, -0.2) is 49.6 Å². The lowest BCUT2D eigenvalue weighted by Crippen LogP contribution is -2.52. The third-order valence-electron chi connectivity index (χ3n) is 5.03. The predicted octanol–water partition coefficient (Wildman–Crippen LogP) is 3.11. The minimum Gasteiger partial charge on any atom is -0.492 e. The number of anilines is 2. The highest BCUT2D eigenvalue weighted by Gasteiger charge is 2.26. The van der Waals surface area contributed by atoms with Gasteiger partial charge in [-0.25, -0.2) is 0 Å². The molecule has 1 unspecified atom stereocenters. The normalized spacial score (nSPS) is 15.5. The van der Waals surface area contributed by atoms with E-state index in [9.17, 15) is 4.79 Å². The molecule has 1 amide bonds. The van der Waals surface area contributed by atoms with Crippen LogP contribution in [-0.2, 0) is 4.79 Å². The third kappa shape index (κ3) is 4.62. The Morgan fingerprint density at radius 2 is 1.82 bits per heavy atom. The highest BCUT2D eigenvalue weighted by molar-refractivity contribution is 5.94. The van der Waals surface area contributed by atoms with Crippen LogP contribution < -0.4 is 15.0 Å². The fourth-order valence-electron chi connectivity index (χ4n) is 3.39. The Balaban J connectivity index is 1.56. The van der Waals surface area contributed by atoms with E-state index in [0.717, 1.165) is 37.6 Å². The first-order valence-corrected chi connectivity index (χ1v) is 9.64. The van der Waals surface area contributed by atoms with Crippen LogP contribution in [0.25, 0.3) is 0 Å². The average molecular weight is 378 g/mol. The zero-order valence-electron chi connectivity index (χ0n) is 16.4. The molecule has 3 rings (SSSR count). The first-order valence-electron chi connectivity index (χ1n) is 9.64. The van der Waals surface area contributed by atoms with Gasteiger partial charge < -0.3 is 15.0 Å². The predicted molar refractivity (Wildman–Crippen MR) is 111 cm³/mol. The molecule has 0 spiro atoms. The number of rotatable bonds is 6. The number of nitrogens with one attached hydrogen (secondary N) is 1. The zero-order valence-corrected chi connectivity index (χ0v) is 16.4. The van der Waals surface area contributed by atoms with E-state index in [2.05, 4.69) is 27.3 Å². The molecule has 1 aliphatic rings. The number of hydrogen-bond donors (Lipinski definition) is 1. The first-order chi connectivity index (χ1) is 13.6. The summed E-state index contributed by atoms with van der Waals surface area (Å²) in [5.41, 5.74) is 2.40. The highest BCUT2D eigenvalue weighted by atomic mass is 16.5. The van der Waals surface area contributed by atoms with E-state index in [1.165, 1.54) is 0 Å². The maximum Gasteiger partial charge on any atom is 0.241 e. The molecular formula is C22H26N4O2. The van der Waals surface area contributed by atoms with Gasteiger partial charge in [-0.1, -0.05) is 12.1 Å². The first kappa shape index (κ1) is 19.7.